The molecule has 0 fully saturated rings. The van der Waals surface area contributed by atoms with Gasteiger partial charge in [-0.3, -0.25) is 4.79 Å². The highest BCUT2D eigenvalue weighted by Gasteiger charge is 2.14. The molecular weight excluding hydrogens is 196 g/mol. The third kappa shape index (κ3) is 2.77. The van der Waals surface area contributed by atoms with E-state index in [1.165, 1.54) is 11.3 Å². The maximum absolute atomic E-state index is 11.7. The molecule has 0 saturated heterocycles. The molecule has 0 radical (unpaired) electrons. The summed E-state index contributed by atoms with van der Waals surface area (Å²) in [7, 11) is 0. The smallest absolute Gasteiger partial charge is 0.315 e. The maximum atomic E-state index is 11.7. The molecule has 1 aromatic heterocycles. The molecule has 0 aliphatic rings. The summed E-state index contributed by atoms with van der Waals surface area (Å²) in [4.78, 5) is 10.5. The number of aryl methyl sites for hydroxylation is 1. The Hall–Kier alpha value is -0.970. The number of rotatable bonds is 3. The second-order valence-corrected chi connectivity index (χ2v) is 3.34. The first-order valence-corrected chi connectivity index (χ1v) is 4.63. The summed E-state index contributed by atoms with van der Waals surface area (Å²) in [6, 6.07) is 0. The summed E-state index contributed by atoms with van der Waals surface area (Å²) < 4.78 is 23.5. The Morgan fingerprint density at radius 3 is 2.77 bits per heavy atom. The van der Waals surface area contributed by atoms with Crippen molar-refractivity contribution in [2.45, 2.75) is 19.9 Å². The van der Waals surface area contributed by atoms with E-state index in [-0.39, 0.29) is 6.54 Å². The van der Waals surface area contributed by atoms with Gasteiger partial charge in [-0.1, -0.05) is 0 Å². The highest BCUT2D eigenvalue weighted by atomic mass is 32.1. The second kappa shape index (κ2) is 4.32. The van der Waals surface area contributed by atoms with Gasteiger partial charge in [0.05, 0.1) is 0 Å². The fraction of sp³-hybridized carbons (Fsp3) is 0.375. The van der Waals surface area contributed by atoms with Crippen molar-refractivity contribution in [3.8, 4) is 0 Å². The number of carbonyl (C=O) groups is 1. The van der Waals surface area contributed by atoms with Crippen LogP contribution < -0.4 is 5.32 Å². The minimum Gasteiger partial charge on any atom is -0.347 e. The fourth-order valence-corrected chi connectivity index (χ4v) is 1.68. The van der Waals surface area contributed by atoms with Crippen LogP contribution in [0.5, 0.6) is 0 Å². The zero-order chi connectivity index (χ0) is 9.84. The van der Waals surface area contributed by atoms with E-state index in [4.69, 9.17) is 0 Å². The first-order chi connectivity index (χ1) is 6.11. The van der Waals surface area contributed by atoms with Crippen molar-refractivity contribution in [3.05, 3.63) is 21.9 Å². The first-order valence-electron chi connectivity index (χ1n) is 3.69. The van der Waals surface area contributed by atoms with Crippen LogP contribution in [-0.2, 0) is 11.3 Å². The van der Waals surface area contributed by atoms with Gasteiger partial charge in [-0.05, 0) is 28.8 Å². The van der Waals surface area contributed by atoms with E-state index in [2.05, 4.69) is 5.32 Å². The van der Waals surface area contributed by atoms with Gasteiger partial charge >= 0.3 is 6.43 Å². The van der Waals surface area contributed by atoms with Crippen molar-refractivity contribution in [1.29, 1.82) is 0 Å². The van der Waals surface area contributed by atoms with Crippen LogP contribution in [0.15, 0.2) is 10.8 Å². The number of nitrogens with one attached hydrogen (secondary N) is 1. The molecule has 0 atom stereocenters. The summed E-state index contributed by atoms with van der Waals surface area (Å²) in [5.41, 5.74) is 1.90. The van der Waals surface area contributed by atoms with Crippen molar-refractivity contribution in [1.82, 2.24) is 5.32 Å². The summed E-state index contributed by atoms with van der Waals surface area (Å²) in [5, 5.41) is 5.88. The lowest BCUT2D eigenvalue weighted by Crippen LogP contribution is -2.28. The lowest BCUT2D eigenvalue weighted by molar-refractivity contribution is -0.131. The van der Waals surface area contributed by atoms with Crippen LogP contribution in [0.1, 0.15) is 11.1 Å². The average molecular weight is 205 g/mol. The number of alkyl halides is 2. The second-order valence-electron chi connectivity index (χ2n) is 2.60. The van der Waals surface area contributed by atoms with E-state index in [9.17, 15) is 13.6 Å². The van der Waals surface area contributed by atoms with E-state index >= 15 is 0 Å². The maximum Gasteiger partial charge on any atom is 0.315 e. The molecule has 1 N–H and O–H groups in total. The standard InChI is InChI=1S/C8H9F2NOS/c1-5-3-13-4-6(5)2-11-8(12)7(9)10/h3-4,7H,2H2,1H3,(H,11,12). The van der Waals surface area contributed by atoms with E-state index in [1.54, 1.807) is 0 Å². The molecule has 2 nitrogen and oxygen atoms in total. The Balaban J connectivity index is 2.44. The van der Waals surface area contributed by atoms with Gasteiger partial charge < -0.3 is 5.32 Å². The Kier molecular flexibility index (Phi) is 3.36. The third-order valence-corrected chi connectivity index (χ3v) is 2.52. The Bertz CT molecular complexity index is 298. The van der Waals surface area contributed by atoms with Crippen LogP contribution in [0.25, 0.3) is 0 Å². The Labute approximate surface area is 78.6 Å². The van der Waals surface area contributed by atoms with E-state index in [0.29, 0.717) is 0 Å². The summed E-state index contributed by atoms with van der Waals surface area (Å²) in [6.45, 7) is 2.05. The minimum atomic E-state index is -2.93. The van der Waals surface area contributed by atoms with Crippen molar-refractivity contribution < 1.29 is 13.6 Å². The van der Waals surface area contributed by atoms with E-state index < -0.39 is 12.3 Å². The van der Waals surface area contributed by atoms with Crippen LogP contribution in [0.4, 0.5) is 8.78 Å². The van der Waals surface area contributed by atoms with Crippen molar-refractivity contribution in [2.75, 3.05) is 0 Å². The van der Waals surface area contributed by atoms with Crippen molar-refractivity contribution in [3.63, 3.8) is 0 Å². The fourth-order valence-electron chi connectivity index (χ4n) is 0.827. The van der Waals surface area contributed by atoms with Crippen LogP contribution in [0, 0.1) is 6.92 Å². The molecule has 5 heteroatoms. The molecule has 1 heterocycles. The van der Waals surface area contributed by atoms with Gasteiger partial charge in [-0.15, -0.1) is 0 Å². The molecule has 1 rings (SSSR count). The van der Waals surface area contributed by atoms with Crippen molar-refractivity contribution >= 4 is 17.2 Å². The highest BCUT2D eigenvalue weighted by Crippen LogP contribution is 2.13. The molecule has 0 bridgehead atoms. The largest absolute Gasteiger partial charge is 0.347 e. The number of halogens is 2. The molecule has 0 aliphatic heterocycles. The predicted octanol–water partition coefficient (Wildman–Crippen LogP) is 1.94. The lowest BCUT2D eigenvalue weighted by atomic mass is 10.2. The topological polar surface area (TPSA) is 29.1 Å². The summed E-state index contributed by atoms with van der Waals surface area (Å²) in [5.74, 6) is -1.22. The first kappa shape index (κ1) is 10.1. The van der Waals surface area contributed by atoms with Gasteiger partial charge in [-0.25, -0.2) is 0 Å². The zero-order valence-corrected chi connectivity index (χ0v) is 7.83. The number of thiophene rings is 1. The molecule has 0 saturated carbocycles. The molecule has 1 amide bonds. The van der Waals surface area contributed by atoms with E-state index in [1.807, 2.05) is 17.7 Å². The number of hydrogen-bond acceptors (Lipinski definition) is 2. The molecular formula is C8H9F2NOS. The van der Waals surface area contributed by atoms with Gasteiger partial charge in [0.15, 0.2) is 0 Å². The lowest BCUT2D eigenvalue weighted by Gasteiger charge is -2.02. The normalized spacial score (nSPS) is 10.5. The molecule has 1 aromatic rings. The zero-order valence-electron chi connectivity index (χ0n) is 7.01. The van der Waals surface area contributed by atoms with Gasteiger partial charge in [-0.2, -0.15) is 20.1 Å². The average Bonchev–Trinajstić information content (AvgIpc) is 2.47. The minimum absolute atomic E-state index is 0.179. The number of hydrogen-bond donors (Lipinski definition) is 1. The van der Waals surface area contributed by atoms with Crippen LogP contribution in [-0.4, -0.2) is 12.3 Å². The Morgan fingerprint density at radius 2 is 2.31 bits per heavy atom. The molecule has 0 aliphatic carbocycles. The molecule has 72 valence electrons. The van der Waals surface area contributed by atoms with Crippen LogP contribution >= 0.6 is 11.3 Å². The quantitative estimate of drug-likeness (QED) is 0.802. The van der Waals surface area contributed by atoms with Crippen LogP contribution in [0.2, 0.25) is 0 Å². The summed E-state index contributed by atoms with van der Waals surface area (Å²) in [6.07, 6.45) is -2.93. The van der Waals surface area contributed by atoms with Gasteiger partial charge in [0.2, 0.25) is 0 Å². The molecule has 0 unspecified atom stereocenters. The SMILES string of the molecule is Cc1cscc1CNC(=O)C(F)F. The third-order valence-electron chi connectivity index (χ3n) is 1.61. The van der Waals surface area contributed by atoms with Gasteiger partial charge in [0, 0.05) is 6.54 Å². The van der Waals surface area contributed by atoms with Crippen molar-refractivity contribution in [2.24, 2.45) is 0 Å². The van der Waals surface area contributed by atoms with E-state index in [0.717, 1.165) is 11.1 Å². The Morgan fingerprint density at radius 1 is 1.62 bits per heavy atom. The molecule has 0 spiro atoms. The van der Waals surface area contributed by atoms with Crippen LogP contribution in [0.3, 0.4) is 0 Å². The summed E-state index contributed by atoms with van der Waals surface area (Å²) >= 11 is 1.49. The number of carbonyl (C=O) groups excluding carboxylic acids is 1. The number of amides is 1. The molecule has 13 heavy (non-hydrogen) atoms. The predicted molar refractivity (Wildman–Crippen MR) is 46.9 cm³/mol. The highest BCUT2D eigenvalue weighted by molar-refractivity contribution is 7.08. The molecule has 0 aromatic carbocycles. The monoisotopic (exact) mass is 205 g/mol. The van der Waals surface area contributed by atoms with Gasteiger partial charge in [0.1, 0.15) is 0 Å². The van der Waals surface area contributed by atoms with Gasteiger partial charge in [0.25, 0.3) is 5.91 Å².